The third-order valence-corrected chi connectivity index (χ3v) is 0. The van der Waals surface area contributed by atoms with Crippen LogP contribution >= 0.6 is 20.4 Å². The van der Waals surface area contributed by atoms with Crippen LogP contribution in [0.3, 0.4) is 0 Å². The van der Waals surface area contributed by atoms with Crippen LogP contribution in [0.1, 0.15) is 0 Å². The largest absolute Gasteiger partial charge is 2.00 e. The van der Waals surface area contributed by atoms with Crippen LogP contribution in [0, 0.1) is 0 Å². The van der Waals surface area contributed by atoms with Crippen molar-refractivity contribution >= 4 is 20.4 Å². The third-order valence-electron chi connectivity index (χ3n) is 0. The summed E-state index contributed by atoms with van der Waals surface area (Å²) in [6.45, 7) is 0. The Labute approximate surface area is 110 Å². The summed E-state index contributed by atoms with van der Waals surface area (Å²) in [4.78, 5) is 0. The zero-order chi connectivity index (χ0) is 4.71. The number of hydrogen-bond donors (Lipinski definition) is 2. The molecule has 0 fully saturated rings. The van der Waals surface area contributed by atoms with Crippen LogP contribution in [0.15, 0.2) is 0 Å². The summed E-state index contributed by atoms with van der Waals surface area (Å²) in [5, 5.41) is 0. The van der Waals surface area contributed by atoms with Gasteiger partial charge in [-0.25, -0.2) is 0 Å². The van der Waals surface area contributed by atoms with Gasteiger partial charge < -0.3 is 16.4 Å². The molecule has 0 aromatic heterocycles. The Kier molecular flexibility index (Phi) is 558. The second-order valence-corrected chi connectivity index (χ2v) is 1.68. The van der Waals surface area contributed by atoms with E-state index in [9.17, 15) is 0 Å². The molecule has 0 unspecified atom stereocenters. The summed E-state index contributed by atoms with van der Waals surface area (Å²) in [5.74, 6) is 8.00. The van der Waals surface area contributed by atoms with Gasteiger partial charge >= 0.3 is 83.0 Å². The molecule has 0 saturated heterocycles. The van der Waals surface area contributed by atoms with Crippen molar-refractivity contribution in [2.45, 2.75) is 0 Å². The summed E-state index contributed by atoms with van der Waals surface area (Å²) in [5.41, 5.74) is 0. The van der Waals surface area contributed by atoms with E-state index in [0.29, 0.717) is 12.7 Å². The number of nitrogens with two attached hydrogens (primary N) is 2. The molecular weight excluding hydrogens is 335 g/mol. The zero-order valence-corrected chi connectivity index (χ0v) is 10.9. The average molecular weight is 342 g/mol. The van der Waals surface area contributed by atoms with Gasteiger partial charge in [0, 0.05) is 0 Å². The van der Waals surface area contributed by atoms with Crippen molar-refractivity contribution in [2.24, 2.45) is 11.7 Å². The molecular formula is H7Cl2N2NaNiO3Pd. The second kappa shape index (κ2) is 102. The maximum Gasteiger partial charge on any atom is 2.00 e. The molecule has 0 atom stereocenters. The Hall–Kier alpha value is 2.54. The molecule has 10 heavy (non-hydrogen) atoms. The molecule has 0 aliphatic rings. The van der Waals surface area contributed by atoms with Gasteiger partial charge in [0.15, 0.2) is 0 Å². The SMILES string of the molecule is NN.[Cl][Ni][Cl].[Na+].[OH-].[OH-].[OH-].[Pd+2]. The van der Waals surface area contributed by atoms with Crippen molar-refractivity contribution in [1.29, 1.82) is 0 Å². The number of halogens is 2. The first-order valence-corrected chi connectivity index (χ1v) is 3.29. The van der Waals surface area contributed by atoms with Crippen molar-refractivity contribution in [2.75, 3.05) is 0 Å². The van der Waals surface area contributed by atoms with Crippen LogP contribution in [0.5, 0.6) is 0 Å². The first-order chi connectivity index (χ1) is 2.41. The van der Waals surface area contributed by atoms with Crippen LogP contribution in [-0.2, 0) is 33.1 Å². The van der Waals surface area contributed by atoms with Gasteiger partial charge in [0.05, 0.1) is 0 Å². The van der Waals surface area contributed by atoms with Gasteiger partial charge in [-0.15, -0.1) is 0 Å². The van der Waals surface area contributed by atoms with E-state index in [1.54, 1.807) is 0 Å². The van der Waals surface area contributed by atoms with Gasteiger partial charge in [-0.3, -0.25) is 11.7 Å². The molecule has 0 amide bonds. The molecule has 70 valence electrons. The number of hydrogen-bond acceptors (Lipinski definition) is 5. The monoisotopic (exact) mass is 340 g/mol. The minimum atomic E-state index is 0. The minimum absolute atomic E-state index is 0. The Morgan fingerprint density at radius 1 is 0.900 bits per heavy atom. The molecule has 7 N–H and O–H groups in total. The zero-order valence-electron chi connectivity index (χ0n) is 4.88. The molecule has 0 aromatic carbocycles. The van der Waals surface area contributed by atoms with Crippen LogP contribution < -0.4 is 41.2 Å². The van der Waals surface area contributed by atoms with Crippen molar-refractivity contribution in [3.63, 3.8) is 0 Å². The van der Waals surface area contributed by atoms with Crippen LogP contribution in [0.4, 0.5) is 0 Å². The van der Waals surface area contributed by atoms with E-state index in [0.717, 1.165) is 0 Å². The second-order valence-electron chi connectivity index (χ2n) is 0.0452. The standard InChI is InChI=1S/2ClH.H4N2.Na.Ni.3H2O.Pd/c;;1-2;;;;;;/h2*1H;1-2H2;;;3*1H2;/q;;;+1;+2;;;;+2/p-5. The minimum Gasteiger partial charge on any atom is -0.870 e. The van der Waals surface area contributed by atoms with Crippen molar-refractivity contribution < 1.29 is 79.1 Å². The van der Waals surface area contributed by atoms with Gasteiger partial charge in [-0.05, 0) is 0 Å². The van der Waals surface area contributed by atoms with Gasteiger partial charge in [0.2, 0.25) is 0 Å². The average Bonchev–Trinajstić information content (AvgIpc) is 1.46. The molecule has 0 aliphatic heterocycles. The van der Waals surface area contributed by atoms with E-state index in [-0.39, 0.29) is 66.4 Å². The van der Waals surface area contributed by atoms with Crippen molar-refractivity contribution in [3.8, 4) is 0 Å². The summed E-state index contributed by atoms with van der Waals surface area (Å²) in [6, 6.07) is 0. The van der Waals surface area contributed by atoms with Crippen LogP contribution in [-0.4, -0.2) is 16.4 Å². The smallest absolute Gasteiger partial charge is 0.870 e. The van der Waals surface area contributed by atoms with Crippen molar-refractivity contribution in [3.05, 3.63) is 0 Å². The predicted molar refractivity (Wildman–Crippen MR) is 25.9 cm³/mol. The van der Waals surface area contributed by atoms with E-state index in [1.807, 2.05) is 0 Å². The molecule has 0 saturated carbocycles. The van der Waals surface area contributed by atoms with Crippen LogP contribution in [0.25, 0.3) is 0 Å². The van der Waals surface area contributed by atoms with E-state index < -0.39 is 0 Å². The fourth-order valence-electron chi connectivity index (χ4n) is 0. The van der Waals surface area contributed by atoms with Gasteiger partial charge in [0.1, 0.15) is 0 Å². The van der Waals surface area contributed by atoms with Crippen LogP contribution in [0.2, 0.25) is 0 Å². The quantitative estimate of drug-likeness (QED) is 0.269. The number of rotatable bonds is 0. The first kappa shape index (κ1) is 54.4. The van der Waals surface area contributed by atoms with Gasteiger partial charge in [0.25, 0.3) is 0 Å². The van der Waals surface area contributed by atoms with Gasteiger partial charge in [-0.1, -0.05) is 0 Å². The summed E-state index contributed by atoms with van der Waals surface area (Å²) < 4.78 is 0. The van der Waals surface area contributed by atoms with E-state index in [2.05, 4.69) is 11.7 Å². The summed E-state index contributed by atoms with van der Waals surface area (Å²) in [7, 11) is 9.40. The molecule has 0 aliphatic carbocycles. The van der Waals surface area contributed by atoms with Gasteiger partial charge in [-0.2, -0.15) is 0 Å². The Bertz CT molecular complexity index is 24.5. The van der Waals surface area contributed by atoms with Crippen molar-refractivity contribution in [1.82, 2.24) is 0 Å². The molecule has 0 aromatic rings. The first-order valence-electron chi connectivity index (χ1n) is 0.572. The fraction of sp³-hybridized carbons (Fsp3) is 0. The Morgan fingerprint density at radius 3 is 0.900 bits per heavy atom. The maximum atomic E-state index is 4.70. The number of hydrazine groups is 1. The fourth-order valence-corrected chi connectivity index (χ4v) is 0. The molecule has 0 bridgehead atoms. The molecule has 0 spiro atoms. The molecule has 0 rings (SSSR count). The third kappa shape index (κ3) is 149. The summed E-state index contributed by atoms with van der Waals surface area (Å²) >= 11 is 0.569. The maximum absolute atomic E-state index is 4.70. The van der Waals surface area contributed by atoms with E-state index in [4.69, 9.17) is 20.4 Å². The predicted octanol–water partition coefficient (Wildman–Crippen LogP) is -3.33. The molecule has 0 radical (unpaired) electrons. The molecule has 10 heteroatoms. The Morgan fingerprint density at radius 2 is 0.900 bits per heavy atom. The molecule has 0 heterocycles. The van der Waals surface area contributed by atoms with E-state index >= 15 is 0 Å². The van der Waals surface area contributed by atoms with E-state index in [1.165, 1.54) is 0 Å². The normalized spacial score (nSPS) is 2.80. The Balaban J connectivity index is -0.00000000246. The summed E-state index contributed by atoms with van der Waals surface area (Å²) in [6.07, 6.45) is 0. The molecule has 5 nitrogen and oxygen atoms in total. The topological polar surface area (TPSA) is 142 Å².